The third-order valence-corrected chi connectivity index (χ3v) is 5.62. The molecular weight excluding hydrogens is 276 g/mol. The van der Waals surface area contributed by atoms with Gasteiger partial charge in [0.15, 0.2) is 0 Å². The van der Waals surface area contributed by atoms with Crippen molar-refractivity contribution in [3.8, 4) is 0 Å². The number of hydrogen-bond donors (Lipinski definition) is 1. The molecule has 0 unspecified atom stereocenters. The normalized spacial score (nSPS) is 16.5. The number of rotatable bonds is 6. The van der Waals surface area contributed by atoms with Gasteiger partial charge in [0.2, 0.25) is 5.91 Å². The van der Waals surface area contributed by atoms with Crippen molar-refractivity contribution in [2.24, 2.45) is 5.92 Å². The van der Waals surface area contributed by atoms with Crippen molar-refractivity contribution in [3.05, 3.63) is 16.1 Å². The first-order chi connectivity index (χ1) is 9.28. The third kappa shape index (κ3) is 5.15. The molecular formula is C14H22N2OS2. The van der Waals surface area contributed by atoms with Crippen LogP contribution < -0.4 is 5.32 Å². The SMILES string of the molecule is CNC(=O)Cc1nc(CSCC2CCCCC2)cs1. The van der Waals surface area contributed by atoms with Crippen LogP contribution in [0.2, 0.25) is 0 Å². The van der Waals surface area contributed by atoms with Crippen molar-refractivity contribution in [1.82, 2.24) is 10.3 Å². The van der Waals surface area contributed by atoms with Crippen molar-refractivity contribution in [2.75, 3.05) is 12.8 Å². The van der Waals surface area contributed by atoms with Crippen LogP contribution >= 0.6 is 23.1 Å². The molecule has 0 bridgehead atoms. The van der Waals surface area contributed by atoms with E-state index in [4.69, 9.17) is 0 Å². The van der Waals surface area contributed by atoms with Gasteiger partial charge in [0.1, 0.15) is 5.01 Å². The molecule has 0 radical (unpaired) electrons. The van der Waals surface area contributed by atoms with Crippen LogP contribution in [0.1, 0.15) is 42.8 Å². The van der Waals surface area contributed by atoms with Crippen LogP contribution in [-0.2, 0) is 17.0 Å². The lowest BCUT2D eigenvalue weighted by Gasteiger charge is -2.20. The Balaban J connectivity index is 1.69. The Kier molecular flexibility index (Phi) is 6.17. The van der Waals surface area contributed by atoms with Gasteiger partial charge in [-0.25, -0.2) is 4.98 Å². The molecule has 1 N–H and O–H groups in total. The number of nitrogens with one attached hydrogen (secondary N) is 1. The smallest absolute Gasteiger partial charge is 0.226 e. The van der Waals surface area contributed by atoms with E-state index in [0.717, 1.165) is 22.4 Å². The van der Waals surface area contributed by atoms with Crippen molar-refractivity contribution >= 4 is 29.0 Å². The summed E-state index contributed by atoms with van der Waals surface area (Å²) in [6.45, 7) is 0. The number of nitrogens with zero attached hydrogens (tertiary/aromatic N) is 1. The Bertz CT molecular complexity index is 400. The van der Waals surface area contributed by atoms with E-state index < -0.39 is 0 Å². The van der Waals surface area contributed by atoms with Gasteiger partial charge in [0.05, 0.1) is 12.1 Å². The molecule has 1 aliphatic rings. The third-order valence-electron chi connectivity index (χ3n) is 3.52. The fraction of sp³-hybridized carbons (Fsp3) is 0.714. The fourth-order valence-electron chi connectivity index (χ4n) is 2.41. The van der Waals surface area contributed by atoms with Crippen molar-refractivity contribution in [3.63, 3.8) is 0 Å². The van der Waals surface area contributed by atoms with Gasteiger partial charge in [-0.3, -0.25) is 4.79 Å². The Morgan fingerprint density at radius 1 is 1.47 bits per heavy atom. The molecule has 0 saturated heterocycles. The molecule has 3 nitrogen and oxygen atoms in total. The van der Waals surface area contributed by atoms with E-state index in [1.54, 1.807) is 18.4 Å². The summed E-state index contributed by atoms with van der Waals surface area (Å²) in [5, 5.41) is 5.64. The summed E-state index contributed by atoms with van der Waals surface area (Å²) in [6.07, 6.45) is 7.49. The fourth-order valence-corrected chi connectivity index (χ4v) is 4.45. The van der Waals surface area contributed by atoms with Crippen LogP contribution in [0.3, 0.4) is 0 Å². The monoisotopic (exact) mass is 298 g/mol. The van der Waals surface area contributed by atoms with Crippen molar-refractivity contribution in [2.45, 2.75) is 44.3 Å². The summed E-state index contributed by atoms with van der Waals surface area (Å²) in [5.74, 6) is 3.21. The first kappa shape index (κ1) is 14.9. The number of amides is 1. The van der Waals surface area contributed by atoms with Gasteiger partial charge < -0.3 is 5.32 Å². The lowest BCUT2D eigenvalue weighted by molar-refractivity contribution is -0.119. The van der Waals surface area contributed by atoms with Crippen molar-refractivity contribution < 1.29 is 4.79 Å². The van der Waals surface area contributed by atoms with Crippen molar-refractivity contribution in [1.29, 1.82) is 0 Å². The largest absolute Gasteiger partial charge is 0.359 e. The second-order valence-corrected chi connectivity index (χ2v) is 7.07. The minimum absolute atomic E-state index is 0.0377. The molecule has 2 rings (SSSR count). The number of carbonyl (C=O) groups excluding carboxylic acids is 1. The van der Waals surface area contributed by atoms with E-state index in [1.165, 1.54) is 37.9 Å². The molecule has 0 spiro atoms. The molecule has 106 valence electrons. The molecule has 1 aromatic rings. The Morgan fingerprint density at radius 2 is 2.26 bits per heavy atom. The van der Waals surface area contributed by atoms with Crippen LogP contribution in [0.15, 0.2) is 5.38 Å². The van der Waals surface area contributed by atoms with Crippen LogP contribution in [0.5, 0.6) is 0 Å². The second kappa shape index (κ2) is 7.90. The highest BCUT2D eigenvalue weighted by Crippen LogP contribution is 2.28. The summed E-state index contributed by atoms with van der Waals surface area (Å²) in [4.78, 5) is 15.8. The first-order valence-corrected chi connectivity index (χ1v) is 9.03. The molecule has 19 heavy (non-hydrogen) atoms. The minimum Gasteiger partial charge on any atom is -0.359 e. The average Bonchev–Trinajstić information content (AvgIpc) is 2.87. The first-order valence-electron chi connectivity index (χ1n) is 6.99. The zero-order valence-corrected chi connectivity index (χ0v) is 13.1. The maximum absolute atomic E-state index is 11.3. The zero-order chi connectivity index (χ0) is 13.5. The zero-order valence-electron chi connectivity index (χ0n) is 11.5. The molecule has 1 fully saturated rings. The topological polar surface area (TPSA) is 42.0 Å². The van der Waals surface area contributed by atoms with Crippen LogP contribution in [0.4, 0.5) is 0 Å². The second-order valence-electron chi connectivity index (χ2n) is 5.10. The molecule has 1 aliphatic carbocycles. The maximum Gasteiger partial charge on any atom is 0.226 e. The lowest BCUT2D eigenvalue weighted by Crippen LogP contribution is -2.19. The summed E-state index contributed by atoms with van der Waals surface area (Å²) in [7, 11) is 1.66. The standard InChI is InChI=1S/C14H22N2OS2/c1-15-13(17)7-14-16-12(10-19-14)9-18-8-11-5-3-2-4-6-11/h10-11H,2-9H2,1H3,(H,15,17). The van der Waals surface area contributed by atoms with Gasteiger partial charge in [-0.05, 0) is 24.5 Å². The molecule has 1 aromatic heterocycles. The summed E-state index contributed by atoms with van der Waals surface area (Å²) >= 11 is 3.59. The summed E-state index contributed by atoms with van der Waals surface area (Å²) in [5.41, 5.74) is 1.13. The highest BCUT2D eigenvalue weighted by atomic mass is 32.2. The highest BCUT2D eigenvalue weighted by Gasteiger charge is 2.13. The summed E-state index contributed by atoms with van der Waals surface area (Å²) in [6, 6.07) is 0. The predicted molar refractivity (Wildman–Crippen MR) is 82.6 cm³/mol. The van der Waals surface area contributed by atoms with Gasteiger partial charge in [-0.1, -0.05) is 19.3 Å². The van der Waals surface area contributed by atoms with Crippen LogP contribution in [0.25, 0.3) is 0 Å². The van der Waals surface area contributed by atoms with E-state index in [2.05, 4.69) is 15.7 Å². The van der Waals surface area contributed by atoms with Gasteiger partial charge >= 0.3 is 0 Å². The van der Waals surface area contributed by atoms with Gasteiger partial charge in [-0.2, -0.15) is 11.8 Å². The Hall–Kier alpha value is -0.550. The minimum atomic E-state index is 0.0377. The summed E-state index contributed by atoms with van der Waals surface area (Å²) < 4.78 is 0. The van der Waals surface area contributed by atoms with E-state index in [9.17, 15) is 4.79 Å². The van der Waals surface area contributed by atoms with Gasteiger partial charge in [0.25, 0.3) is 0 Å². The molecule has 1 heterocycles. The molecule has 1 saturated carbocycles. The van der Waals surface area contributed by atoms with Crippen LogP contribution in [-0.4, -0.2) is 23.7 Å². The van der Waals surface area contributed by atoms with E-state index in [0.29, 0.717) is 6.42 Å². The molecule has 0 atom stereocenters. The van der Waals surface area contributed by atoms with Gasteiger partial charge in [-0.15, -0.1) is 11.3 Å². The Morgan fingerprint density at radius 3 is 3.00 bits per heavy atom. The maximum atomic E-state index is 11.3. The Labute approximate surface area is 123 Å². The number of likely N-dealkylation sites (N-methyl/N-ethyl adjacent to an activating group) is 1. The number of aromatic nitrogens is 1. The van der Waals surface area contributed by atoms with E-state index >= 15 is 0 Å². The van der Waals surface area contributed by atoms with E-state index in [1.807, 2.05) is 11.8 Å². The number of thioether (sulfide) groups is 1. The molecule has 0 aliphatic heterocycles. The number of thiazole rings is 1. The number of hydrogen-bond acceptors (Lipinski definition) is 4. The predicted octanol–water partition coefficient (Wildman–Crippen LogP) is 3.25. The highest BCUT2D eigenvalue weighted by molar-refractivity contribution is 7.98. The average molecular weight is 298 g/mol. The molecule has 1 amide bonds. The van der Waals surface area contributed by atoms with Crippen LogP contribution in [0, 0.1) is 5.92 Å². The van der Waals surface area contributed by atoms with Gasteiger partial charge in [0, 0.05) is 18.2 Å². The molecule has 5 heteroatoms. The van der Waals surface area contributed by atoms with E-state index in [-0.39, 0.29) is 5.91 Å². The molecule has 0 aromatic carbocycles. The lowest BCUT2D eigenvalue weighted by atomic mass is 9.91. The quantitative estimate of drug-likeness (QED) is 0.876. The number of carbonyl (C=O) groups is 1.